The van der Waals surface area contributed by atoms with Gasteiger partial charge >= 0.3 is 0 Å². The lowest BCUT2D eigenvalue weighted by molar-refractivity contribution is 0.286. The Bertz CT molecular complexity index is 534. The van der Waals surface area contributed by atoms with E-state index in [9.17, 15) is 4.79 Å². The van der Waals surface area contributed by atoms with Gasteiger partial charge in [0, 0.05) is 12.6 Å². The minimum Gasteiger partial charge on any atom is -0.380 e. The van der Waals surface area contributed by atoms with Crippen molar-refractivity contribution in [3.8, 4) is 0 Å². The first-order valence-corrected chi connectivity index (χ1v) is 6.51. The van der Waals surface area contributed by atoms with Gasteiger partial charge in [0.15, 0.2) is 0 Å². The van der Waals surface area contributed by atoms with Crippen LogP contribution in [0.4, 0.5) is 5.69 Å². The standard InChI is InChI=1S/C13H18N4O/c1-9-7-10(4-6-14-9)17-13(18)11-3-2-5-15-12(11)8-16-17/h2-3,8-10,14-15H,4-7H2,1H3. The van der Waals surface area contributed by atoms with Crippen LogP contribution in [0.15, 0.2) is 17.1 Å². The van der Waals surface area contributed by atoms with Crippen molar-refractivity contribution in [2.24, 2.45) is 0 Å². The van der Waals surface area contributed by atoms with Gasteiger partial charge < -0.3 is 10.6 Å². The van der Waals surface area contributed by atoms with Crippen LogP contribution in [-0.2, 0) is 0 Å². The number of anilines is 1. The van der Waals surface area contributed by atoms with Crippen LogP contribution in [0, 0.1) is 0 Å². The Balaban J connectivity index is 1.98. The molecule has 0 bridgehead atoms. The van der Waals surface area contributed by atoms with Crippen molar-refractivity contribution in [2.75, 3.05) is 18.4 Å². The van der Waals surface area contributed by atoms with Gasteiger partial charge in [0.2, 0.25) is 0 Å². The summed E-state index contributed by atoms with van der Waals surface area (Å²) in [6.07, 6.45) is 7.57. The van der Waals surface area contributed by atoms with Crippen molar-refractivity contribution in [3.05, 3.63) is 28.2 Å². The second-order valence-corrected chi connectivity index (χ2v) is 5.04. The lowest BCUT2D eigenvalue weighted by Crippen LogP contribution is -2.41. The van der Waals surface area contributed by atoms with Crippen LogP contribution in [0.25, 0.3) is 6.08 Å². The lowest BCUT2D eigenvalue weighted by Gasteiger charge is -2.29. The van der Waals surface area contributed by atoms with Gasteiger partial charge in [-0.3, -0.25) is 4.79 Å². The highest BCUT2D eigenvalue weighted by Crippen LogP contribution is 2.21. The molecule has 1 aromatic heterocycles. The van der Waals surface area contributed by atoms with Gasteiger partial charge in [-0.05, 0) is 32.4 Å². The fourth-order valence-corrected chi connectivity index (χ4v) is 2.72. The molecule has 18 heavy (non-hydrogen) atoms. The molecule has 1 aromatic rings. The summed E-state index contributed by atoms with van der Waals surface area (Å²) < 4.78 is 1.66. The van der Waals surface area contributed by atoms with Crippen molar-refractivity contribution in [2.45, 2.75) is 31.8 Å². The molecule has 1 saturated heterocycles. The Labute approximate surface area is 106 Å². The molecule has 1 fully saturated rings. The van der Waals surface area contributed by atoms with Gasteiger partial charge in [0.25, 0.3) is 5.56 Å². The maximum absolute atomic E-state index is 12.4. The maximum Gasteiger partial charge on any atom is 0.276 e. The van der Waals surface area contributed by atoms with E-state index in [-0.39, 0.29) is 11.6 Å². The number of hydrogen-bond acceptors (Lipinski definition) is 4. The van der Waals surface area contributed by atoms with Crippen LogP contribution in [0.3, 0.4) is 0 Å². The van der Waals surface area contributed by atoms with E-state index in [4.69, 9.17) is 0 Å². The van der Waals surface area contributed by atoms with Gasteiger partial charge in [-0.25, -0.2) is 4.68 Å². The first kappa shape index (κ1) is 11.5. The summed E-state index contributed by atoms with van der Waals surface area (Å²) in [6.45, 7) is 3.87. The third-order valence-corrected chi connectivity index (χ3v) is 3.68. The monoisotopic (exact) mass is 246 g/mol. The molecule has 0 saturated carbocycles. The molecule has 0 spiro atoms. The molecule has 0 amide bonds. The topological polar surface area (TPSA) is 59.0 Å². The molecule has 0 radical (unpaired) electrons. The number of rotatable bonds is 1. The number of nitrogens with one attached hydrogen (secondary N) is 2. The highest BCUT2D eigenvalue weighted by Gasteiger charge is 2.23. The highest BCUT2D eigenvalue weighted by molar-refractivity contribution is 5.67. The van der Waals surface area contributed by atoms with Crippen molar-refractivity contribution in [1.82, 2.24) is 15.1 Å². The van der Waals surface area contributed by atoms with Crippen LogP contribution < -0.4 is 16.2 Å². The van der Waals surface area contributed by atoms with Gasteiger partial charge in [0.05, 0.1) is 23.5 Å². The Morgan fingerprint density at radius 1 is 1.50 bits per heavy atom. The zero-order valence-electron chi connectivity index (χ0n) is 10.5. The number of hydrogen-bond donors (Lipinski definition) is 2. The molecule has 2 unspecified atom stereocenters. The predicted octanol–water partition coefficient (Wildman–Crippen LogP) is 0.995. The van der Waals surface area contributed by atoms with Crippen molar-refractivity contribution in [3.63, 3.8) is 0 Å². The molecular weight excluding hydrogens is 228 g/mol. The molecular formula is C13H18N4O. The second-order valence-electron chi connectivity index (χ2n) is 5.04. The summed E-state index contributed by atoms with van der Waals surface area (Å²) in [4.78, 5) is 12.4. The number of nitrogens with zero attached hydrogens (tertiary/aromatic N) is 2. The average molecular weight is 246 g/mol. The third kappa shape index (κ3) is 1.95. The number of aromatic nitrogens is 2. The lowest BCUT2D eigenvalue weighted by atomic mass is 10.0. The highest BCUT2D eigenvalue weighted by atomic mass is 16.1. The molecule has 0 aromatic carbocycles. The van der Waals surface area contributed by atoms with E-state index >= 15 is 0 Å². The largest absolute Gasteiger partial charge is 0.380 e. The molecule has 2 aliphatic heterocycles. The Kier molecular flexibility index (Phi) is 2.91. The SMILES string of the molecule is CC1CC(n2ncc3c(c2=O)C=CCN3)CCN1. The quantitative estimate of drug-likeness (QED) is 0.776. The minimum absolute atomic E-state index is 0.0232. The van der Waals surface area contributed by atoms with Gasteiger partial charge in [-0.1, -0.05) is 6.08 Å². The van der Waals surface area contributed by atoms with E-state index in [0.29, 0.717) is 6.04 Å². The van der Waals surface area contributed by atoms with Crippen molar-refractivity contribution >= 4 is 11.8 Å². The molecule has 5 heteroatoms. The van der Waals surface area contributed by atoms with Crippen molar-refractivity contribution in [1.29, 1.82) is 0 Å². The van der Waals surface area contributed by atoms with Crippen LogP contribution >= 0.6 is 0 Å². The first-order valence-electron chi connectivity index (χ1n) is 6.51. The molecule has 2 atom stereocenters. The molecule has 3 heterocycles. The van der Waals surface area contributed by atoms with Crippen molar-refractivity contribution < 1.29 is 0 Å². The Morgan fingerprint density at radius 3 is 3.22 bits per heavy atom. The molecule has 96 valence electrons. The molecule has 2 N–H and O–H groups in total. The van der Waals surface area contributed by atoms with Crippen LogP contribution in [0.5, 0.6) is 0 Å². The molecule has 2 aliphatic rings. The van der Waals surface area contributed by atoms with E-state index in [1.165, 1.54) is 0 Å². The average Bonchev–Trinajstić information content (AvgIpc) is 2.39. The van der Waals surface area contributed by atoms with Gasteiger partial charge in [-0.2, -0.15) is 5.10 Å². The van der Waals surface area contributed by atoms with E-state index in [1.807, 2.05) is 12.2 Å². The van der Waals surface area contributed by atoms with Gasteiger partial charge in [-0.15, -0.1) is 0 Å². The third-order valence-electron chi connectivity index (χ3n) is 3.68. The second kappa shape index (κ2) is 4.57. The first-order chi connectivity index (χ1) is 8.75. The Morgan fingerprint density at radius 2 is 2.39 bits per heavy atom. The van der Waals surface area contributed by atoms with Crippen LogP contribution in [0.2, 0.25) is 0 Å². The fraction of sp³-hybridized carbons (Fsp3) is 0.538. The normalized spacial score (nSPS) is 26.5. The maximum atomic E-state index is 12.4. The van der Waals surface area contributed by atoms with Crippen LogP contribution in [0.1, 0.15) is 31.4 Å². The smallest absolute Gasteiger partial charge is 0.276 e. The summed E-state index contributed by atoms with van der Waals surface area (Å²) in [5.41, 5.74) is 1.61. The molecule has 3 rings (SSSR count). The molecule has 0 aliphatic carbocycles. The van der Waals surface area contributed by atoms with Gasteiger partial charge in [0.1, 0.15) is 0 Å². The van der Waals surface area contributed by atoms with E-state index < -0.39 is 0 Å². The predicted molar refractivity (Wildman–Crippen MR) is 71.8 cm³/mol. The number of piperidine rings is 1. The zero-order valence-corrected chi connectivity index (χ0v) is 10.5. The minimum atomic E-state index is 0.0232. The van der Waals surface area contributed by atoms with E-state index in [2.05, 4.69) is 22.7 Å². The fourth-order valence-electron chi connectivity index (χ4n) is 2.72. The zero-order chi connectivity index (χ0) is 12.5. The summed E-state index contributed by atoms with van der Waals surface area (Å²) >= 11 is 0. The van der Waals surface area contributed by atoms with E-state index in [0.717, 1.165) is 37.2 Å². The van der Waals surface area contributed by atoms with Crippen LogP contribution in [-0.4, -0.2) is 28.9 Å². The molecule has 5 nitrogen and oxygen atoms in total. The van der Waals surface area contributed by atoms with E-state index in [1.54, 1.807) is 10.9 Å². The summed E-state index contributed by atoms with van der Waals surface area (Å²) in [6, 6.07) is 0.663. The summed E-state index contributed by atoms with van der Waals surface area (Å²) in [5, 5.41) is 10.9. The summed E-state index contributed by atoms with van der Waals surface area (Å²) in [7, 11) is 0. The summed E-state index contributed by atoms with van der Waals surface area (Å²) in [5.74, 6) is 0. The Hall–Kier alpha value is -1.62. The number of fused-ring (bicyclic) bond motifs is 1.